The van der Waals surface area contributed by atoms with Gasteiger partial charge in [-0.15, -0.1) is 0 Å². The van der Waals surface area contributed by atoms with Crippen molar-refractivity contribution in [1.29, 1.82) is 0 Å². The van der Waals surface area contributed by atoms with Crippen LogP contribution in [0.4, 0.5) is 0 Å². The van der Waals surface area contributed by atoms with E-state index >= 15 is 0 Å². The average molecular weight is 129 g/mol. The molecule has 2 atom stereocenters. The van der Waals surface area contributed by atoms with Crippen LogP contribution in [0.15, 0.2) is 0 Å². The second-order valence-corrected chi connectivity index (χ2v) is 3.39. The van der Waals surface area contributed by atoms with Gasteiger partial charge < -0.3 is 10.5 Å². The summed E-state index contributed by atoms with van der Waals surface area (Å²) in [4.78, 5) is 0. The molecule has 54 valence electrons. The average Bonchev–Trinajstić information content (AvgIpc) is 1.82. The fourth-order valence-electron chi connectivity index (χ4n) is 1.32. The lowest BCUT2D eigenvalue weighted by Gasteiger charge is -2.49. The minimum atomic E-state index is 0.203. The first-order chi connectivity index (χ1) is 4.09. The molecule has 0 aromatic rings. The van der Waals surface area contributed by atoms with Crippen molar-refractivity contribution in [2.24, 2.45) is 11.1 Å². The summed E-state index contributed by atoms with van der Waals surface area (Å²) in [5.41, 5.74) is 5.95. The summed E-state index contributed by atoms with van der Waals surface area (Å²) in [6, 6.07) is 0.336. The number of ether oxygens (including phenoxy) is 1. The lowest BCUT2D eigenvalue weighted by Crippen LogP contribution is -2.58. The normalized spacial score (nSPS) is 40.0. The van der Waals surface area contributed by atoms with E-state index in [1.165, 1.54) is 0 Å². The quantitative estimate of drug-likeness (QED) is 0.567. The summed E-state index contributed by atoms with van der Waals surface area (Å²) >= 11 is 0. The maximum absolute atomic E-state index is 5.74. The Hall–Kier alpha value is -0.0800. The molecule has 0 aromatic carbocycles. The van der Waals surface area contributed by atoms with E-state index < -0.39 is 0 Å². The van der Waals surface area contributed by atoms with Gasteiger partial charge in [0.25, 0.3) is 0 Å². The number of hydrogen-bond acceptors (Lipinski definition) is 2. The number of methoxy groups -OCH3 is 1. The summed E-state index contributed by atoms with van der Waals surface area (Å²) in [6.45, 7) is 4.30. The fourth-order valence-corrected chi connectivity index (χ4v) is 1.32. The summed E-state index contributed by atoms with van der Waals surface area (Å²) in [7, 11) is 1.75. The Balaban J connectivity index is 2.48. The number of rotatable bonds is 1. The van der Waals surface area contributed by atoms with Crippen molar-refractivity contribution < 1.29 is 4.74 Å². The molecule has 1 aliphatic carbocycles. The van der Waals surface area contributed by atoms with Crippen molar-refractivity contribution in [3.63, 3.8) is 0 Å². The van der Waals surface area contributed by atoms with Crippen LogP contribution in [0.1, 0.15) is 20.3 Å². The summed E-state index contributed by atoms with van der Waals surface area (Å²) in [5, 5.41) is 0. The van der Waals surface area contributed by atoms with Gasteiger partial charge in [-0.05, 0) is 6.42 Å². The third-order valence-corrected chi connectivity index (χ3v) is 2.54. The van der Waals surface area contributed by atoms with Crippen molar-refractivity contribution in [2.45, 2.75) is 32.4 Å². The predicted molar refractivity (Wildman–Crippen MR) is 37.2 cm³/mol. The Kier molecular flexibility index (Phi) is 1.53. The van der Waals surface area contributed by atoms with Gasteiger partial charge in [0.05, 0.1) is 6.10 Å². The predicted octanol–water partition coefficient (Wildman–Crippen LogP) is 0.759. The van der Waals surface area contributed by atoms with Crippen molar-refractivity contribution in [1.82, 2.24) is 0 Å². The Morgan fingerprint density at radius 2 is 2.11 bits per heavy atom. The molecule has 0 amide bonds. The lowest BCUT2D eigenvalue weighted by molar-refractivity contribution is -0.0858. The molecule has 0 saturated heterocycles. The molecule has 1 aliphatic rings. The Morgan fingerprint density at radius 1 is 1.56 bits per heavy atom. The molecule has 0 bridgehead atoms. The van der Waals surface area contributed by atoms with E-state index in [9.17, 15) is 0 Å². The van der Waals surface area contributed by atoms with Crippen molar-refractivity contribution in [3.05, 3.63) is 0 Å². The standard InChI is InChI=1S/C7H15NO/c1-7(2)5(8)4-6(7)9-3/h5-6H,4,8H2,1-3H3/t5-,6-/m1/s1. The Labute approximate surface area is 56.4 Å². The van der Waals surface area contributed by atoms with Crippen LogP contribution in [0.2, 0.25) is 0 Å². The molecule has 1 saturated carbocycles. The van der Waals surface area contributed by atoms with Crippen LogP contribution < -0.4 is 5.73 Å². The summed E-state index contributed by atoms with van der Waals surface area (Å²) < 4.78 is 5.19. The fraction of sp³-hybridized carbons (Fsp3) is 1.00. The maximum atomic E-state index is 5.74. The first kappa shape index (κ1) is 7.03. The summed E-state index contributed by atoms with van der Waals surface area (Å²) in [5.74, 6) is 0. The van der Waals surface area contributed by atoms with Crippen LogP contribution in [-0.4, -0.2) is 19.3 Å². The Morgan fingerprint density at radius 3 is 2.22 bits per heavy atom. The van der Waals surface area contributed by atoms with Crippen molar-refractivity contribution >= 4 is 0 Å². The van der Waals surface area contributed by atoms with E-state index in [0.29, 0.717) is 12.1 Å². The molecule has 0 unspecified atom stereocenters. The van der Waals surface area contributed by atoms with Gasteiger partial charge in [-0.3, -0.25) is 0 Å². The third kappa shape index (κ3) is 0.864. The lowest BCUT2D eigenvalue weighted by atomic mass is 9.65. The smallest absolute Gasteiger partial charge is 0.0652 e. The van der Waals surface area contributed by atoms with Crippen molar-refractivity contribution in [3.8, 4) is 0 Å². The zero-order valence-electron chi connectivity index (χ0n) is 6.35. The minimum absolute atomic E-state index is 0.203. The second-order valence-electron chi connectivity index (χ2n) is 3.39. The zero-order valence-corrected chi connectivity index (χ0v) is 6.35. The van der Waals surface area contributed by atoms with Crippen LogP contribution in [0.25, 0.3) is 0 Å². The second kappa shape index (κ2) is 1.96. The van der Waals surface area contributed by atoms with Gasteiger partial charge in [0.15, 0.2) is 0 Å². The highest BCUT2D eigenvalue weighted by Crippen LogP contribution is 2.40. The van der Waals surface area contributed by atoms with Gasteiger partial charge in [0.1, 0.15) is 0 Å². The highest BCUT2D eigenvalue weighted by Gasteiger charge is 2.46. The van der Waals surface area contributed by atoms with Crippen molar-refractivity contribution in [2.75, 3.05) is 7.11 Å². The van der Waals surface area contributed by atoms with E-state index in [2.05, 4.69) is 13.8 Å². The summed E-state index contributed by atoms with van der Waals surface area (Å²) in [6.07, 6.45) is 1.40. The van der Waals surface area contributed by atoms with Gasteiger partial charge >= 0.3 is 0 Å². The SMILES string of the molecule is CO[C@@H]1C[C@@H](N)C1(C)C. The van der Waals surface area contributed by atoms with Crippen LogP contribution in [0.3, 0.4) is 0 Å². The molecule has 9 heavy (non-hydrogen) atoms. The number of hydrogen-bond donors (Lipinski definition) is 1. The van der Waals surface area contributed by atoms with Gasteiger partial charge in [0.2, 0.25) is 0 Å². The van der Waals surface area contributed by atoms with Gasteiger partial charge in [-0.25, -0.2) is 0 Å². The molecule has 0 heterocycles. The molecule has 2 heteroatoms. The highest BCUT2D eigenvalue weighted by atomic mass is 16.5. The van der Waals surface area contributed by atoms with Crippen LogP contribution in [0, 0.1) is 5.41 Å². The maximum Gasteiger partial charge on any atom is 0.0652 e. The molecule has 2 N–H and O–H groups in total. The first-order valence-corrected chi connectivity index (χ1v) is 3.37. The minimum Gasteiger partial charge on any atom is -0.381 e. The Bertz CT molecular complexity index is 111. The molecular weight excluding hydrogens is 114 g/mol. The molecule has 0 aliphatic heterocycles. The van der Waals surface area contributed by atoms with E-state index in [-0.39, 0.29) is 5.41 Å². The molecule has 1 fully saturated rings. The van der Waals surface area contributed by atoms with E-state index in [1.807, 2.05) is 0 Å². The first-order valence-electron chi connectivity index (χ1n) is 3.37. The number of nitrogens with two attached hydrogens (primary N) is 1. The zero-order chi connectivity index (χ0) is 7.07. The third-order valence-electron chi connectivity index (χ3n) is 2.54. The van der Waals surface area contributed by atoms with Gasteiger partial charge in [-0.1, -0.05) is 13.8 Å². The molecule has 0 aromatic heterocycles. The van der Waals surface area contributed by atoms with Crippen LogP contribution in [-0.2, 0) is 4.74 Å². The topological polar surface area (TPSA) is 35.2 Å². The molecular formula is C7H15NO. The monoisotopic (exact) mass is 129 g/mol. The molecule has 0 spiro atoms. The van der Waals surface area contributed by atoms with Crippen LogP contribution in [0.5, 0.6) is 0 Å². The van der Waals surface area contributed by atoms with E-state index in [0.717, 1.165) is 6.42 Å². The molecule has 0 radical (unpaired) electrons. The van der Waals surface area contributed by atoms with E-state index in [1.54, 1.807) is 7.11 Å². The van der Waals surface area contributed by atoms with E-state index in [4.69, 9.17) is 10.5 Å². The van der Waals surface area contributed by atoms with Gasteiger partial charge in [0, 0.05) is 18.6 Å². The largest absolute Gasteiger partial charge is 0.381 e. The van der Waals surface area contributed by atoms with Crippen LogP contribution >= 0.6 is 0 Å². The molecule has 2 nitrogen and oxygen atoms in total. The van der Waals surface area contributed by atoms with Gasteiger partial charge in [-0.2, -0.15) is 0 Å². The molecule has 1 rings (SSSR count). The highest BCUT2D eigenvalue weighted by molar-refractivity contribution is 5.00.